The van der Waals surface area contributed by atoms with Crippen LogP contribution in [0.5, 0.6) is 0 Å². The first kappa shape index (κ1) is 31.5. The topological polar surface area (TPSA) is 59.2 Å². The van der Waals surface area contributed by atoms with Crippen molar-refractivity contribution in [2.24, 2.45) is 0 Å². The summed E-state index contributed by atoms with van der Waals surface area (Å²) in [5.41, 5.74) is 11.1. The average molecular weight is 693 g/mol. The van der Waals surface area contributed by atoms with Crippen LogP contribution in [0.2, 0.25) is 0 Å². The highest BCUT2D eigenvalue weighted by molar-refractivity contribution is 6.15. The third-order valence-electron chi connectivity index (χ3n) is 11.1. The molecule has 7 heteroatoms. The number of aromatic nitrogens is 4. The van der Waals surface area contributed by atoms with E-state index >= 15 is 0 Å². The van der Waals surface area contributed by atoms with E-state index in [1.807, 2.05) is 36.5 Å². The molecule has 7 nitrogen and oxygen atoms in total. The first-order valence-electron chi connectivity index (χ1n) is 18.6. The number of para-hydroxylation sites is 2. The van der Waals surface area contributed by atoms with Crippen molar-refractivity contribution in [2.45, 2.75) is 52.0 Å². The standard InChI is InChI=1S/C46H40N6O/c1-46(2,3)32-21-22-47-44(26-32)52-38-17-8-7-16-35(38)36-20-19-31(25-39(36)52)45(53)30-12-11-15-34(24-30)51-29-50(33-13-5-4-6-14-33)42-28-40-37(27-41(42)51)48-43-18-9-10-23-49(40)43/h4-8,11-17,19-22,24-28H,9-10,18,23,29H2,1-3H3. The Bertz CT molecular complexity index is 2730. The van der Waals surface area contributed by atoms with Gasteiger partial charge >= 0.3 is 0 Å². The SMILES string of the molecule is CC(C)(C)c1ccnc(-n2c3ccccc3c3ccc(C(=O)c4cccc(N5CN(c6ccccc6)c6cc7c(cc65)nc5n7CCCC5)c4)cc32)c1. The zero-order valence-electron chi connectivity index (χ0n) is 30.3. The van der Waals surface area contributed by atoms with E-state index in [-0.39, 0.29) is 11.2 Å². The van der Waals surface area contributed by atoms with Crippen molar-refractivity contribution in [1.29, 1.82) is 0 Å². The van der Waals surface area contributed by atoms with Gasteiger partial charge in [0.05, 0.1) is 33.4 Å². The summed E-state index contributed by atoms with van der Waals surface area (Å²) in [6.45, 7) is 8.29. The van der Waals surface area contributed by atoms with Gasteiger partial charge in [0.15, 0.2) is 5.78 Å². The number of anilines is 4. The van der Waals surface area contributed by atoms with Gasteiger partial charge in [-0.3, -0.25) is 9.36 Å². The molecule has 0 bridgehead atoms. The second-order valence-corrected chi connectivity index (χ2v) is 15.4. The molecule has 0 saturated heterocycles. The lowest BCUT2D eigenvalue weighted by molar-refractivity contribution is 0.103. The molecule has 0 saturated carbocycles. The molecule has 0 amide bonds. The molecule has 3 aromatic heterocycles. The molecular formula is C46H40N6O. The zero-order valence-corrected chi connectivity index (χ0v) is 30.3. The lowest BCUT2D eigenvalue weighted by Gasteiger charge is -2.22. The maximum atomic E-state index is 14.5. The Morgan fingerprint density at radius 3 is 2.28 bits per heavy atom. The lowest BCUT2D eigenvalue weighted by Crippen LogP contribution is -2.24. The maximum absolute atomic E-state index is 14.5. The molecule has 5 heterocycles. The van der Waals surface area contributed by atoms with Crippen molar-refractivity contribution in [3.63, 3.8) is 0 Å². The minimum Gasteiger partial charge on any atom is -0.328 e. The summed E-state index contributed by atoms with van der Waals surface area (Å²) in [6, 6.07) is 41.9. The van der Waals surface area contributed by atoms with Crippen molar-refractivity contribution in [3.8, 4) is 5.82 Å². The quantitative estimate of drug-likeness (QED) is 0.168. The molecule has 10 rings (SSSR count). The van der Waals surface area contributed by atoms with Gasteiger partial charge in [-0.15, -0.1) is 0 Å². The molecule has 0 N–H and O–H groups in total. The molecule has 0 unspecified atom stereocenters. The third kappa shape index (κ3) is 5.13. The van der Waals surface area contributed by atoms with Gasteiger partial charge in [-0.2, -0.15) is 0 Å². The van der Waals surface area contributed by atoms with Gasteiger partial charge in [-0.1, -0.05) is 81.4 Å². The monoisotopic (exact) mass is 692 g/mol. The van der Waals surface area contributed by atoms with E-state index in [0.29, 0.717) is 17.8 Å². The summed E-state index contributed by atoms with van der Waals surface area (Å²) >= 11 is 0. The lowest BCUT2D eigenvalue weighted by atomic mass is 9.88. The van der Waals surface area contributed by atoms with Crippen LogP contribution in [-0.4, -0.2) is 31.6 Å². The van der Waals surface area contributed by atoms with Crippen LogP contribution in [0, 0.1) is 0 Å². The Morgan fingerprint density at radius 1 is 0.660 bits per heavy atom. The molecule has 5 aromatic carbocycles. The van der Waals surface area contributed by atoms with E-state index in [1.54, 1.807) is 0 Å². The van der Waals surface area contributed by atoms with Crippen molar-refractivity contribution in [3.05, 3.63) is 150 Å². The smallest absolute Gasteiger partial charge is 0.193 e. The van der Waals surface area contributed by atoms with Gasteiger partial charge in [-0.25, -0.2) is 9.97 Å². The number of carbonyl (C=O) groups is 1. The minimum atomic E-state index is -0.0271. The first-order chi connectivity index (χ1) is 25.8. The predicted octanol–water partition coefficient (Wildman–Crippen LogP) is 10.6. The van der Waals surface area contributed by atoms with Gasteiger partial charge < -0.3 is 14.4 Å². The number of rotatable bonds is 5. The van der Waals surface area contributed by atoms with Crippen LogP contribution in [0.15, 0.2) is 128 Å². The van der Waals surface area contributed by atoms with E-state index in [9.17, 15) is 4.79 Å². The summed E-state index contributed by atoms with van der Waals surface area (Å²) in [4.78, 5) is 29.0. The van der Waals surface area contributed by atoms with E-state index in [4.69, 9.17) is 9.97 Å². The molecule has 0 atom stereocenters. The predicted molar refractivity (Wildman–Crippen MR) is 215 cm³/mol. The molecule has 2 aliphatic heterocycles. The van der Waals surface area contributed by atoms with E-state index in [2.05, 4.69) is 131 Å². The summed E-state index contributed by atoms with van der Waals surface area (Å²) in [5.74, 6) is 2.01. The fourth-order valence-corrected chi connectivity index (χ4v) is 8.32. The van der Waals surface area contributed by atoms with Crippen LogP contribution in [0.3, 0.4) is 0 Å². The van der Waals surface area contributed by atoms with Crippen LogP contribution in [0.4, 0.5) is 22.7 Å². The summed E-state index contributed by atoms with van der Waals surface area (Å²) in [5, 5.41) is 2.23. The molecule has 53 heavy (non-hydrogen) atoms. The normalized spacial score (nSPS) is 14.3. The zero-order chi connectivity index (χ0) is 35.8. The second-order valence-electron chi connectivity index (χ2n) is 15.4. The number of nitrogens with zero attached hydrogens (tertiary/aromatic N) is 6. The maximum Gasteiger partial charge on any atom is 0.193 e. The van der Waals surface area contributed by atoms with Crippen molar-refractivity contribution < 1.29 is 4.79 Å². The highest BCUT2D eigenvalue weighted by Gasteiger charge is 2.31. The highest BCUT2D eigenvalue weighted by Crippen LogP contribution is 2.46. The van der Waals surface area contributed by atoms with Crippen LogP contribution in [0.25, 0.3) is 38.7 Å². The Morgan fingerprint density at radius 2 is 1.42 bits per heavy atom. The highest BCUT2D eigenvalue weighted by atomic mass is 16.1. The molecule has 2 aliphatic rings. The Labute approximate surface area is 308 Å². The van der Waals surface area contributed by atoms with Crippen LogP contribution in [-0.2, 0) is 18.4 Å². The Kier molecular flexibility index (Phi) is 7.09. The van der Waals surface area contributed by atoms with Gasteiger partial charge in [0.25, 0.3) is 0 Å². The first-order valence-corrected chi connectivity index (χ1v) is 18.6. The fourth-order valence-electron chi connectivity index (χ4n) is 8.32. The largest absolute Gasteiger partial charge is 0.328 e. The second kappa shape index (κ2) is 11.9. The van der Waals surface area contributed by atoms with Crippen molar-refractivity contribution >= 4 is 61.4 Å². The molecule has 0 spiro atoms. The molecular weight excluding hydrogens is 653 g/mol. The summed E-state index contributed by atoms with van der Waals surface area (Å²) < 4.78 is 4.60. The van der Waals surface area contributed by atoms with Crippen LogP contribution < -0.4 is 9.80 Å². The van der Waals surface area contributed by atoms with Gasteiger partial charge in [0, 0.05) is 52.4 Å². The van der Waals surface area contributed by atoms with E-state index in [0.717, 1.165) is 68.9 Å². The molecule has 8 aromatic rings. The van der Waals surface area contributed by atoms with Crippen LogP contribution >= 0.6 is 0 Å². The Hall–Kier alpha value is -6.21. The van der Waals surface area contributed by atoms with Gasteiger partial charge in [0.2, 0.25) is 0 Å². The third-order valence-corrected chi connectivity index (χ3v) is 11.1. The van der Waals surface area contributed by atoms with E-state index in [1.165, 1.54) is 29.7 Å². The molecule has 260 valence electrons. The number of hydrogen-bond donors (Lipinski definition) is 0. The van der Waals surface area contributed by atoms with E-state index < -0.39 is 0 Å². The number of aryl methyl sites for hydroxylation is 2. The molecule has 0 fully saturated rings. The molecule has 0 aliphatic carbocycles. The average Bonchev–Trinajstić information content (AvgIpc) is 3.86. The van der Waals surface area contributed by atoms with Gasteiger partial charge in [0.1, 0.15) is 18.3 Å². The number of hydrogen-bond acceptors (Lipinski definition) is 5. The fraction of sp³-hybridized carbons (Fsp3) is 0.196. The number of carbonyl (C=O) groups excluding carboxylic acids is 1. The van der Waals surface area contributed by atoms with Crippen molar-refractivity contribution in [1.82, 2.24) is 19.1 Å². The number of ketones is 1. The summed E-state index contributed by atoms with van der Waals surface area (Å²) in [6.07, 6.45) is 5.27. The van der Waals surface area contributed by atoms with Crippen LogP contribution in [0.1, 0.15) is 60.9 Å². The van der Waals surface area contributed by atoms with Crippen molar-refractivity contribution in [2.75, 3.05) is 16.5 Å². The number of benzene rings is 5. The Balaban J connectivity index is 1.06. The summed E-state index contributed by atoms with van der Waals surface area (Å²) in [7, 11) is 0. The number of pyridine rings is 1. The molecule has 0 radical (unpaired) electrons. The number of fused-ring (bicyclic) bond motifs is 7. The minimum absolute atomic E-state index is 0.0153. The number of imidazole rings is 1. The van der Waals surface area contributed by atoms with Gasteiger partial charge in [-0.05, 0) is 84.5 Å².